The van der Waals surface area contributed by atoms with Crippen LogP contribution in [0.25, 0.3) is 11.0 Å². The minimum absolute atomic E-state index is 0.000304. The van der Waals surface area contributed by atoms with E-state index in [-0.39, 0.29) is 18.5 Å². The van der Waals surface area contributed by atoms with Crippen LogP contribution in [0.1, 0.15) is 23.7 Å². The molecule has 3 heterocycles. The van der Waals surface area contributed by atoms with Gasteiger partial charge in [0, 0.05) is 24.2 Å². The molecule has 8 heteroatoms. The van der Waals surface area contributed by atoms with Crippen molar-refractivity contribution in [2.75, 3.05) is 18.9 Å². The van der Waals surface area contributed by atoms with Gasteiger partial charge >= 0.3 is 0 Å². The largest absolute Gasteiger partial charge is 0.464 e. The molecule has 2 aromatic carbocycles. The minimum atomic E-state index is -1.51. The Morgan fingerprint density at radius 2 is 2.06 bits per heavy atom. The van der Waals surface area contributed by atoms with E-state index >= 15 is 0 Å². The number of rotatable bonds is 2. The molecule has 3 atom stereocenters. The maximum atomic E-state index is 14.0. The highest BCUT2D eigenvalue weighted by Gasteiger charge is 2.63. The zero-order valence-corrected chi connectivity index (χ0v) is 16.6. The van der Waals surface area contributed by atoms with Crippen LogP contribution < -0.4 is 10.7 Å². The van der Waals surface area contributed by atoms with Gasteiger partial charge in [-0.1, -0.05) is 12.1 Å². The number of benzene rings is 2. The third-order valence-electron chi connectivity index (χ3n) is 6.54. The van der Waals surface area contributed by atoms with Gasteiger partial charge in [-0.05, 0) is 37.4 Å². The summed E-state index contributed by atoms with van der Waals surface area (Å²) >= 11 is 0. The molecule has 7 nitrogen and oxygen atoms in total. The quantitative estimate of drug-likeness (QED) is 0.662. The van der Waals surface area contributed by atoms with Crippen molar-refractivity contribution in [2.24, 2.45) is 5.41 Å². The minimum Gasteiger partial charge on any atom is -0.464 e. The first kappa shape index (κ1) is 19.4. The molecule has 156 valence electrons. The predicted molar refractivity (Wildman–Crippen MR) is 109 cm³/mol. The fourth-order valence-electron chi connectivity index (χ4n) is 4.97. The molecule has 1 aromatic heterocycles. The number of hydrogen-bond acceptors (Lipinski definition) is 6. The second kappa shape index (κ2) is 6.48. The monoisotopic (exact) mass is 419 g/mol. The van der Waals surface area contributed by atoms with E-state index in [4.69, 9.17) is 4.42 Å². The molecule has 0 unspecified atom stereocenters. The van der Waals surface area contributed by atoms with Gasteiger partial charge in [-0.2, -0.15) is 5.26 Å². The lowest BCUT2D eigenvalue weighted by Crippen LogP contribution is -2.44. The molecule has 31 heavy (non-hydrogen) atoms. The van der Waals surface area contributed by atoms with Crippen molar-refractivity contribution in [2.45, 2.75) is 18.1 Å². The molecule has 1 fully saturated rings. The molecule has 2 aliphatic rings. The number of likely N-dealkylation sites (N-methyl/N-ethyl adjacent to an activating group) is 1. The molecule has 1 amide bonds. The highest BCUT2D eigenvalue weighted by molar-refractivity contribution is 6.06. The molecule has 0 radical (unpaired) electrons. The van der Waals surface area contributed by atoms with Gasteiger partial charge in [0.2, 0.25) is 5.91 Å². The van der Waals surface area contributed by atoms with Crippen LogP contribution in [0, 0.1) is 22.6 Å². The lowest BCUT2D eigenvalue weighted by molar-refractivity contribution is -0.125. The van der Waals surface area contributed by atoms with Gasteiger partial charge in [-0.15, -0.1) is 0 Å². The van der Waals surface area contributed by atoms with Crippen LogP contribution >= 0.6 is 0 Å². The van der Waals surface area contributed by atoms with E-state index in [1.165, 1.54) is 24.5 Å². The van der Waals surface area contributed by atoms with Crippen molar-refractivity contribution < 1.29 is 18.7 Å². The Balaban J connectivity index is 1.63. The Labute approximate surface area is 176 Å². The van der Waals surface area contributed by atoms with Gasteiger partial charge in [0.1, 0.15) is 34.7 Å². The molecule has 2 N–H and O–H groups in total. The molecule has 0 saturated carbocycles. The number of carbonyl (C=O) groups is 1. The number of para-hydroxylation sites is 1. The van der Waals surface area contributed by atoms with Crippen molar-refractivity contribution in [3.63, 3.8) is 0 Å². The van der Waals surface area contributed by atoms with Crippen LogP contribution in [0.4, 0.5) is 10.1 Å². The van der Waals surface area contributed by atoms with Crippen LogP contribution in [0.15, 0.2) is 57.9 Å². The molecular weight excluding hydrogens is 401 g/mol. The van der Waals surface area contributed by atoms with E-state index in [2.05, 4.69) is 11.4 Å². The SMILES string of the molecule is CN1C[C@@](C#N)([C@H](O)c2coc3ccccc3c2=O)C[C@@]12C(=O)Nc1ccc(F)cc12. The summed E-state index contributed by atoms with van der Waals surface area (Å²) < 4.78 is 19.5. The number of fused-ring (bicyclic) bond motifs is 3. The van der Waals surface area contributed by atoms with Gasteiger partial charge in [0.05, 0.1) is 17.0 Å². The van der Waals surface area contributed by atoms with Gasteiger partial charge < -0.3 is 14.8 Å². The maximum Gasteiger partial charge on any atom is 0.249 e. The number of nitriles is 1. The zero-order valence-electron chi connectivity index (χ0n) is 16.6. The summed E-state index contributed by atoms with van der Waals surface area (Å²) in [6.07, 6.45) is -0.449. The lowest BCUT2D eigenvalue weighted by atomic mass is 9.73. The third-order valence-corrected chi connectivity index (χ3v) is 6.54. The Kier molecular flexibility index (Phi) is 4.06. The highest BCUT2D eigenvalue weighted by Crippen LogP contribution is 2.56. The van der Waals surface area contributed by atoms with Crippen molar-refractivity contribution in [3.05, 3.63) is 75.9 Å². The second-order valence-electron chi connectivity index (χ2n) is 8.22. The number of aliphatic hydroxyl groups excluding tert-OH is 1. The summed E-state index contributed by atoms with van der Waals surface area (Å²) in [7, 11) is 1.65. The van der Waals surface area contributed by atoms with Crippen LogP contribution in [-0.2, 0) is 10.3 Å². The Morgan fingerprint density at radius 3 is 2.84 bits per heavy atom. The van der Waals surface area contributed by atoms with E-state index in [9.17, 15) is 24.3 Å². The molecule has 1 spiro atoms. The Hall–Kier alpha value is -3.54. The molecule has 1 saturated heterocycles. The summed E-state index contributed by atoms with van der Waals surface area (Å²) in [6, 6.07) is 12.8. The molecular formula is C23H18FN3O4. The number of likely N-dealkylation sites (tertiary alicyclic amines) is 1. The summed E-state index contributed by atoms with van der Waals surface area (Å²) in [5.41, 5.74) is -2.06. The number of anilines is 1. The van der Waals surface area contributed by atoms with E-state index in [1.807, 2.05) is 0 Å². The van der Waals surface area contributed by atoms with E-state index < -0.39 is 34.2 Å². The molecule has 5 rings (SSSR count). The number of nitrogens with one attached hydrogen (secondary N) is 1. The molecule has 0 bridgehead atoms. The maximum absolute atomic E-state index is 14.0. The van der Waals surface area contributed by atoms with Gasteiger partial charge in [-0.25, -0.2) is 4.39 Å². The number of nitrogens with zero attached hydrogens (tertiary/aromatic N) is 2. The van der Waals surface area contributed by atoms with Crippen LogP contribution in [0.3, 0.4) is 0 Å². The van der Waals surface area contributed by atoms with Crippen LogP contribution in [-0.4, -0.2) is 29.5 Å². The fourth-order valence-corrected chi connectivity index (χ4v) is 4.97. The topological polar surface area (TPSA) is 107 Å². The Morgan fingerprint density at radius 1 is 1.29 bits per heavy atom. The number of amides is 1. The standard InChI is InChI=1S/C23H18FN3O4/c1-27-12-22(11-25,10-23(27)16-8-13(24)6-7-17(16)26-21(23)30)20(29)15-9-31-18-5-3-2-4-14(18)19(15)28/h2-9,20,29H,10,12H2,1H3,(H,26,30)/t20-,22-,23-/m1/s1. The smallest absolute Gasteiger partial charge is 0.249 e. The number of carbonyl (C=O) groups excluding carboxylic acids is 1. The summed E-state index contributed by atoms with van der Waals surface area (Å²) in [4.78, 5) is 27.7. The highest BCUT2D eigenvalue weighted by atomic mass is 19.1. The average molecular weight is 419 g/mol. The first-order valence-corrected chi connectivity index (χ1v) is 9.75. The van der Waals surface area contributed by atoms with E-state index in [0.29, 0.717) is 22.2 Å². The normalized spacial score (nSPS) is 26.1. The van der Waals surface area contributed by atoms with Crippen molar-refractivity contribution in [1.82, 2.24) is 4.90 Å². The summed E-state index contributed by atoms with van der Waals surface area (Å²) in [5.74, 6) is -0.904. The van der Waals surface area contributed by atoms with Crippen LogP contribution in [0.5, 0.6) is 0 Å². The number of halogens is 1. The molecule has 3 aromatic rings. The zero-order chi connectivity index (χ0) is 22.0. The van der Waals surface area contributed by atoms with Gasteiger partial charge in [0.25, 0.3) is 0 Å². The molecule has 2 aliphatic heterocycles. The van der Waals surface area contributed by atoms with E-state index in [1.54, 1.807) is 36.2 Å². The van der Waals surface area contributed by atoms with Gasteiger partial charge in [0.15, 0.2) is 5.43 Å². The van der Waals surface area contributed by atoms with Crippen molar-refractivity contribution in [3.8, 4) is 6.07 Å². The first-order chi connectivity index (χ1) is 14.8. The summed E-state index contributed by atoms with van der Waals surface area (Å²) in [6.45, 7) is 0.000304. The Bertz CT molecular complexity index is 1350. The van der Waals surface area contributed by atoms with Crippen molar-refractivity contribution in [1.29, 1.82) is 5.26 Å². The number of aliphatic hydroxyl groups is 1. The van der Waals surface area contributed by atoms with Crippen molar-refractivity contribution >= 4 is 22.6 Å². The number of hydrogen-bond donors (Lipinski definition) is 2. The lowest BCUT2D eigenvalue weighted by Gasteiger charge is -2.30. The summed E-state index contributed by atoms with van der Waals surface area (Å²) in [5, 5.41) is 24.4. The van der Waals surface area contributed by atoms with Crippen LogP contribution in [0.2, 0.25) is 0 Å². The average Bonchev–Trinajstić information content (AvgIpc) is 3.23. The van der Waals surface area contributed by atoms with E-state index in [0.717, 1.165) is 0 Å². The third kappa shape index (κ3) is 2.51. The first-order valence-electron chi connectivity index (χ1n) is 9.75. The molecule has 0 aliphatic carbocycles. The second-order valence-corrected chi connectivity index (χ2v) is 8.22. The van der Waals surface area contributed by atoms with Gasteiger partial charge in [-0.3, -0.25) is 14.5 Å². The fraction of sp³-hybridized carbons (Fsp3) is 0.261. The predicted octanol–water partition coefficient (Wildman–Crippen LogP) is 2.66.